The lowest BCUT2D eigenvalue weighted by molar-refractivity contribution is -0.697. The fourth-order valence-corrected chi connectivity index (χ4v) is 10.6. The number of nitrogens with one attached hydrogen (secondary N) is 2. The first kappa shape index (κ1) is 53.0. The molecule has 9 rings (SSSR count). The van der Waals surface area contributed by atoms with Crippen molar-refractivity contribution in [3.8, 4) is 44.5 Å². The van der Waals surface area contributed by atoms with E-state index in [2.05, 4.69) is 201 Å². The fourth-order valence-electron chi connectivity index (χ4n) is 10.6. The van der Waals surface area contributed by atoms with Crippen LogP contribution in [0.5, 0.6) is 0 Å². The van der Waals surface area contributed by atoms with E-state index in [9.17, 15) is 0 Å². The summed E-state index contributed by atoms with van der Waals surface area (Å²) < 4.78 is 9.20. The first-order valence-corrected chi connectivity index (χ1v) is 28.1. The molecule has 9 heterocycles. The number of H-pyrrole nitrogens is 2. The molecule has 7 aromatic rings. The first-order chi connectivity index (χ1) is 37.5. The summed E-state index contributed by atoms with van der Waals surface area (Å²) in [5.74, 6) is 0. The summed E-state index contributed by atoms with van der Waals surface area (Å²) in [6.07, 6.45) is 52.7. The number of hydrogen-bond acceptors (Lipinski definition) is 2. The summed E-state index contributed by atoms with van der Waals surface area (Å²) in [6.45, 7) is 19.5. The zero-order valence-corrected chi connectivity index (χ0v) is 44.8. The Kier molecular flexibility index (Phi) is 18.9. The normalized spacial score (nSPS) is 11.8. The highest BCUT2D eigenvalue weighted by molar-refractivity contribution is 6.00. The van der Waals surface area contributed by atoms with Crippen molar-refractivity contribution >= 4 is 46.4 Å². The van der Waals surface area contributed by atoms with Crippen molar-refractivity contribution in [2.24, 2.45) is 0 Å². The fraction of sp³-hybridized carbons (Fsp3) is 0.294. The zero-order chi connectivity index (χ0) is 52.3. The van der Waals surface area contributed by atoms with Gasteiger partial charge in [0.05, 0.1) is 22.8 Å². The lowest BCUT2D eigenvalue weighted by Crippen LogP contribution is -2.32. The average molecular weight is 1010 g/mol. The molecule has 0 amide bonds. The van der Waals surface area contributed by atoms with Gasteiger partial charge in [0.15, 0.2) is 49.6 Å². The lowest BCUT2D eigenvalue weighted by atomic mass is 10.0. The summed E-state index contributed by atoms with van der Waals surface area (Å²) in [4.78, 5) is 19.1. The minimum absolute atomic E-state index is 0.881. The molecule has 0 aliphatic carbocycles. The molecule has 0 atom stereocenters. The van der Waals surface area contributed by atoms with Gasteiger partial charge in [-0.05, 0) is 148 Å². The SMILES string of the molecule is C=CCCCCC[n+]1ccc(-c2c3nc(c(-c4cc[n+](CCCCCC=C)cc4)c4ccc([nH]4)c(-c4cc[n+](CCCCCC=C)cc4)c4ccc([nH]4)c(-c4cc[n+](CCCCCC=C)cc4)c4nc2C=C4)C=C3)cc1. The van der Waals surface area contributed by atoms with Crippen LogP contribution in [-0.4, -0.2) is 19.9 Å². The third-order valence-corrected chi connectivity index (χ3v) is 14.8. The number of allylic oxidation sites excluding steroid dienone is 4. The highest BCUT2D eigenvalue weighted by Crippen LogP contribution is 2.38. The van der Waals surface area contributed by atoms with Crippen molar-refractivity contribution in [2.75, 3.05) is 0 Å². The van der Waals surface area contributed by atoms with Crippen molar-refractivity contribution < 1.29 is 18.3 Å². The van der Waals surface area contributed by atoms with E-state index in [4.69, 9.17) is 9.97 Å². The quantitative estimate of drug-likeness (QED) is 0.0291. The predicted molar refractivity (Wildman–Crippen MR) is 316 cm³/mol. The molecule has 386 valence electrons. The summed E-state index contributed by atoms with van der Waals surface area (Å²) >= 11 is 0. The largest absolute Gasteiger partial charge is 0.354 e. The van der Waals surface area contributed by atoms with E-state index in [-0.39, 0.29) is 0 Å². The second-order valence-corrected chi connectivity index (χ2v) is 20.4. The third kappa shape index (κ3) is 13.5. The lowest BCUT2D eigenvalue weighted by Gasteiger charge is -2.07. The molecule has 2 aliphatic rings. The van der Waals surface area contributed by atoms with E-state index in [0.29, 0.717) is 0 Å². The van der Waals surface area contributed by atoms with Gasteiger partial charge < -0.3 is 9.97 Å². The number of rotatable bonds is 28. The minimum atomic E-state index is 0.881. The Morgan fingerprint density at radius 3 is 0.842 bits per heavy atom. The second kappa shape index (κ2) is 27.1. The van der Waals surface area contributed by atoms with Gasteiger partial charge in [-0.15, -0.1) is 26.3 Å². The van der Waals surface area contributed by atoms with Crippen LogP contribution in [0.2, 0.25) is 0 Å². The summed E-state index contributed by atoms with van der Waals surface area (Å²) in [7, 11) is 0. The number of aromatic nitrogens is 8. The van der Waals surface area contributed by atoms with E-state index in [1.54, 1.807) is 0 Å². The number of fused-ring (bicyclic) bond motifs is 8. The van der Waals surface area contributed by atoms with Crippen LogP contribution in [0.4, 0.5) is 0 Å². The average Bonchev–Trinajstić information content (AvgIpc) is 4.31. The van der Waals surface area contributed by atoms with Crippen LogP contribution in [0.15, 0.2) is 173 Å². The molecule has 0 spiro atoms. The molecule has 0 radical (unpaired) electrons. The molecule has 0 unspecified atom stereocenters. The molecule has 0 aromatic carbocycles. The smallest absolute Gasteiger partial charge is 0.169 e. The molecule has 76 heavy (non-hydrogen) atoms. The molecule has 2 aliphatic heterocycles. The Balaban J connectivity index is 1.24. The molecule has 0 saturated heterocycles. The van der Waals surface area contributed by atoms with Crippen LogP contribution >= 0.6 is 0 Å². The third-order valence-electron chi connectivity index (χ3n) is 14.8. The Bertz CT molecular complexity index is 3150. The molecular weight excluding hydrogens is 929 g/mol. The monoisotopic (exact) mass is 1010 g/mol. The van der Waals surface area contributed by atoms with E-state index in [0.717, 1.165) is 167 Å². The van der Waals surface area contributed by atoms with Crippen LogP contribution in [-0.2, 0) is 26.2 Å². The maximum Gasteiger partial charge on any atom is 0.169 e. The summed E-state index contributed by atoms with van der Waals surface area (Å²) in [5.41, 5.74) is 16.2. The molecule has 8 heteroatoms. The highest BCUT2D eigenvalue weighted by atomic mass is 14.9. The van der Waals surface area contributed by atoms with Gasteiger partial charge in [0.25, 0.3) is 0 Å². The summed E-state index contributed by atoms with van der Waals surface area (Å²) in [6, 6.07) is 26.9. The van der Waals surface area contributed by atoms with Gasteiger partial charge in [0, 0.05) is 119 Å². The van der Waals surface area contributed by atoms with Crippen LogP contribution in [0.1, 0.15) is 126 Å². The van der Waals surface area contributed by atoms with Crippen LogP contribution in [0, 0.1) is 0 Å². The first-order valence-electron chi connectivity index (χ1n) is 28.1. The van der Waals surface area contributed by atoms with Gasteiger partial charge in [-0.1, -0.05) is 24.3 Å². The molecule has 0 fully saturated rings. The van der Waals surface area contributed by atoms with E-state index < -0.39 is 0 Å². The Morgan fingerprint density at radius 1 is 0.303 bits per heavy atom. The van der Waals surface area contributed by atoms with E-state index in [1.807, 2.05) is 24.3 Å². The Labute approximate surface area is 451 Å². The number of pyridine rings is 4. The van der Waals surface area contributed by atoms with Gasteiger partial charge in [-0.2, -0.15) is 0 Å². The Hall–Kier alpha value is -7.84. The maximum absolute atomic E-state index is 5.59. The van der Waals surface area contributed by atoms with Crippen molar-refractivity contribution in [2.45, 2.75) is 129 Å². The molecule has 8 nitrogen and oxygen atoms in total. The van der Waals surface area contributed by atoms with Crippen LogP contribution in [0.25, 0.3) is 90.9 Å². The number of aryl methyl sites for hydroxylation is 4. The topological polar surface area (TPSA) is 72.9 Å². The van der Waals surface area contributed by atoms with E-state index >= 15 is 0 Å². The molecule has 2 N–H and O–H groups in total. The van der Waals surface area contributed by atoms with Gasteiger partial charge in [-0.25, -0.2) is 28.2 Å². The van der Waals surface area contributed by atoms with Crippen molar-refractivity contribution in [1.82, 2.24) is 19.9 Å². The van der Waals surface area contributed by atoms with Crippen molar-refractivity contribution in [1.29, 1.82) is 0 Å². The second-order valence-electron chi connectivity index (χ2n) is 20.4. The zero-order valence-electron chi connectivity index (χ0n) is 44.8. The van der Waals surface area contributed by atoms with Crippen molar-refractivity contribution in [3.05, 3.63) is 196 Å². The van der Waals surface area contributed by atoms with Crippen molar-refractivity contribution in [3.63, 3.8) is 0 Å². The Morgan fingerprint density at radius 2 is 0.553 bits per heavy atom. The standard InChI is InChI=1S/C68H77N8/c1-5-9-13-17-21-41-73-45-33-53(34-46-73)65-57-25-27-59(69-57)66(54-35-47-74(48-36-54)42-22-18-14-10-6-2)61-29-31-63(71-61)68(56-39-51-76(52-40-56)44-24-20-16-12-8-4)64-32-30-62(72-64)67(60-28-26-58(65)70-60)55-37-49-75(50-38-55)43-23-19-15-11-7-3/h5-8,25-40,45-52H,1-4,9-24,41-44H2,(H,69,70,71,72)/q+3/p+1. The number of nitrogens with zero attached hydrogens (tertiary/aromatic N) is 6. The molecule has 8 bridgehead atoms. The van der Waals surface area contributed by atoms with E-state index in [1.165, 1.54) is 51.4 Å². The van der Waals surface area contributed by atoms with Gasteiger partial charge in [0.2, 0.25) is 0 Å². The van der Waals surface area contributed by atoms with Gasteiger partial charge in [-0.3, -0.25) is 0 Å². The van der Waals surface area contributed by atoms with Gasteiger partial charge >= 0.3 is 0 Å². The minimum Gasteiger partial charge on any atom is -0.354 e. The molecule has 0 saturated carbocycles. The van der Waals surface area contributed by atoms with Crippen LogP contribution in [0.3, 0.4) is 0 Å². The number of aromatic amines is 2. The summed E-state index contributed by atoms with van der Waals surface area (Å²) in [5, 5.41) is 0. The predicted octanol–water partition coefficient (Wildman–Crippen LogP) is 15.5. The number of hydrogen-bond donors (Lipinski definition) is 2. The van der Waals surface area contributed by atoms with Crippen LogP contribution < -0.4 is 18.3 Å². The number of unbranched alkanes of at least 4 members (excludes halogenated alkanes) is 12. The molecular formula is C68H78N8+4. The molecule has 7 aromatic heterocycles. The highest BCUT2D eigenvalue weighted by Gasteiger charge is 2.21. The maximum atomic E-state index is 5.59. The van der Waals surface area contributed by atoms with Gasteiger partial charge in [0.1, 0.15) is 26.2 Å².